The average Bonchev–Trinajstić information content (AvgIpc) is 2.29. The van der Waals surface area contributed by atoms with Crippen LogP contribution in [-0.4, -0.2) is 18.4 Å². The number of ketones is 1. The molecule has 1 aromatic rings. The molecule has 3 heteroatoms. The van der Waals surface area contributed by atoms with Gasteiger partial charge in [-0.1, -0.05) is 36.4 Å². The molecule has 0 aromatic heterocycles. The first-order valence-corrected chi connectivity index (χ1v) is 4.63. The maximum atomic E-state index is 11.4. The number of hydrogen-bond acceptors (Lipinski definition) is 3. The van der Waals surface area contributed by atoms with E-state index >= 15 is 0 Å². The standard InChI is InChI=1S/C12H12O3/c1-2-3-9-15-12(14)11(13)10-7-5-4-6-8-10/h2,4-8H,1,3,9H2. The van der Waals surface area contributed by atoms with Gasteiger partial charge in [0.1, 0.15) is 0 Å². The van der Waals surface area contributed by atoms with Gasteiger partial charge in [-0.05, 0) is 6.42 Å². The largest absolute Gasteiger partial charge is 0.459 e. The molecule has 0 atom stereocenters. The van der Waals surface area contributed by atoms with Crippen molar-refractivity contribution in [3.8, 4) is 0 Å². The molecule has 0 N–H and O–H groups in total. The van der Waals surface area contributed by atoms with Crippen LogP contribution in [0.3, 0.4) is 0 Å². The molecule has 0 unspecified atom stereocenters. The Labute approximate surface area is 88.4 Å². The van der Waals surface area contributed by atoms with E-state index in [0.717, 1.165) is 0 Å². The Hall–Kier alpha value is -1.90. The molecule has 15 heavy (non-hydrogen) atoms. The summed E-state index contributed by atoms with van der Waals surface area (Å²) in [6, 6.07) is 8.34. The molecule has 0 spiro atoms. The molecule has 0 aliphatic carbocycles. The number of carbonyl (C=O) groups is 2. The zero-order valence-electron chi connectivity index (χ0n) is 8.31. The van der Waals surface area contributed by atoms with Crippen molar-refractivity contribution in [3.05, 3.63) is 48.6 Å². The lowest BCUT2D eigenvalue weighted by Crippen LogP contribution is -2.17. The van der Waals surface area contributed by atoms with Crippen molar-refractivity contribution in [1.82, 2.24) is 0 Å². The van der Waals surface area contributed by atoms with Crippen LogP contribution in [0.25, 0.3) is 0 Å². The second-order valence-corrected chi connectivity index (χ2v) is 2.91. The van der Waals surface area contributed by atoms with E-state index in [0.29, 0.717) is 12.0 Å². The highest BCUT2D eigenvalue weighted by Crippen LogP contribution is 2.01. The molecule has 0 heterocycles. The highest BCUT2D eigenvalue weighted by Gasteiger charge is 2.16. The summed E-state index contributed by atoms with van der Waals surface area (Å²) >= 11 is 0. The minimum Gasteiger partial charge on any atom is -0.459 e. The van der Waals surface area contributed by atoms with Crippen molar-refractivity contribution in [2.75, 3.05) is 6.61 Å². The van der Waals surface area contributed by atoms with Gasteiger partial charge < -0.3 is 4.74 Å². The number of esters is 1. The van der Waals surface area contributed by atoms with E-state index in [4.69, 9.17) is 4.74 Å². The number of hydrogen-bond donors (Lipinski definition) is 0. The van der Waals surface area contributed by atoms with Crippen LogP contribution < -0.4 is 0 Å². The number of carbonyl (C=O) groups excluding carboxylic acids is 2. The fourth-order valence-electron chi connectivity index (χ4n) is 1.01. The average molecular weight is 204 g/mol. The maximum absolute atomic E-state index is 11.4. The topological polar surface area (TPSA) is 43.4 Å². The predicted octanol–water partition coefficient (Wildman–Crippen LogP) is 1.99. The molecule has 0 radical (unpaired) electrons. The summed E-state index contributed by atoms with van der Waals surface area (Å²) in [7, 11) is 0. The monoisotopic (exact) mass is 204 g/mol. The molecule has 3 nitrogen and oxygen atoms in total. The van der Waals surface area contributed by atoms with Gasteiger partial charge in [-0.15, -0.1) is 6.58 Å². The summed E-state index contributed by atoms with van der Waals surface area (Å²) < 4.78 is 4.74. The molecule has 0 aliphatic heterocycles. The van der Waals surface area contributed by atoms with Crippen molar-refractivity contribution in [2.45, 2.75) is 6.42 Å². The molecule has 0 bridgehead atoms. The Kier molecular flexibility index (Phi) is 4.29. The van der Waals surface area contributed by atoms with Crippen molar-refractivity contribution < 1.29 is 14.3 Å². The lowest BCUT2D eigenvalue weighted by Gasteiger charge is -2.01. The smallest absolute Gasteiger partial charge is 0.379 e. The van der Waals surface area contributed by atoms with Gasteiger partial charge >= 0.3 is 5.97 Å². The Balaban J connectivity index is 2.54. The van der Waals surface area contributed by atoms with Crippen molar-refractivity contribution in [3.63, 3.8) is 0 Å². The second kappa shape index (κ2) is 5.75. The normalized spacial score (nSPS) is 9.33. The molecule has 1 rings (SSSR count). The van der Waals surface area contributed by atoms with Gasteiger partial charge in [-0.2, -0.15) is 0 Å². The fraction of sp³-hybridized carbons (Fsp3) is 0.167. The predicted molar refractivity (Wildman–Crippen MR) is 56.5 cm³/mol. The van der Waals surface area contributed by atoms with Crippen molar-refractivity contribution in [2.24, 2.45) is 0 Å². The van der Waals surface area contributed by atoms with Crippen LogP contribution in [0.2, 0.25) is 0 Å². The summed E-state index contributed by atoms with van der Waals surface area (Å²) in [4.78, 5) is 22.7. The van der Waals surface area contributed by atoms with Crippen LogP contribution in [0.1, 0.15) is 16.8 Å². The first-order valence-electron chi connectivity index (χ1n) is 4.63. The van der Waals surface area contributed by atoms with Gasteiger partial charge in [0, 0.05) is 5.56 Å². The molecule has 0 saturated heterocycles. The lowest BCUT2D eigenvalue weighted by molar-refractivity contribution is -0.137. The molecule has 0 aliphatic rings. The van der Waals surface area contributed by atoms with Crippen LogP contribution in [-0.2, 0) is 9.53 Å². The van der Waals surface area contributed by atoms with Crippen LogP contribution in [0.15, 0.2) is 43.0 Å². The van der Waals surface area contributed by atoms with E-state index in [1.165, 1.54) is 0 Å². The molecule has 78 valence electrons. The van der Waals surface area contributed by atoms with E-state index in [1.54, 1.807) is 36.4 Å². The summed E-state index contributed by atoms with van der Waals surface area (Å²) in [6.45, 7) is 3.68. The molecule has 0 fully saturated rings. The van der Waals surface area contributed by atoms with Gasteiger partial charge in [-0.3, -0.25) is 4.79 Å². The maximum Gasteiger partial charge on any atom is 0.379 e. The summed E-state index contributed by atoms with van der Waals surface area (Å²) in [5.41, 5.74) is 0.348. The Morgan fingerprint density at radius 2 is 1.93 bits per heavy atom. The van der Waals surface area contributed by atoms with Crippen LogP contribution >= 0.6 is 0 Å². The van der Waals surface area contributed by atoms with Crippen LogP contribution in [0, 0.1) is 0 Å². The molecule has 0 saturated carbocycles. The van der Waals surface area contributed by atoms with Gasteiger partial charge in [0.2, 0.25) is 0 Å². The number of Topliss-reactive ketones (excluding diaryl/α,β-unsaturated/α-hetero) is 1. The Morgan fingerprint density at radius 3 is 2.53 bits per heavy atom. The third kappa shape index (κ3) is 3.38. The SMILES string of the molecule is C=CCCOC(=O)C(=O)c1ccccc1. The molecular weight excluding hydrogens is 192 g/mol. The summed E-state index contributed by atoms with van der Waals surface area (Å²) in [5.74, 6) is -1.43. The summed E-state index contributed by atoms with van der Waals surface area (Å²) in [5, 5.41) is 0. The van der Waals surface area contributed by atoms with E-state index in [2.05, 4.69) is 6.58 Å². The lowest BCUT2D eigenvalue weighted by atomic mass is 10.1. The first-order chi connectivity index (χ1) is 7.25. The first kappa shape index (κ1) is 11.2. The molecule has 1 aromatic carbocycles. The third-order valence-electron chi connectivity index (χ3n) is 1.78. The minimum absolute atomic E-state index is 0.195. The van der Waals surface area contributed by atoms with E-state index in [-0.39, 0.29) is 6.61 Å². The van der Waals surface area contributed by atoms with Crippen molar-refractivity contribution in [1.29, 1.82) is 0 Å². The Morgan fingerprint density at radius 1 is 1.27 bits per heavy atom. The summed E-state index contributed by atoms with van der Waals surface area (Å²) in [6.07, 6.45) is 2.17. The second-order valence-electron chi connectivity index (χ2n) is 2.91. The third-order valence-corrected chi connectivity index (χ3v) is 1.78. The number of rotatable bonds is 5. The highest BCUT2D eigenvalue weighted by atomic mass is 16.5. The van der Waals surface area contributed by atoms with Gasteiger partial charge in [0.05, 0.1) is 6.61 Å². The van der Waals surface area contributed by atoms with Crippen molar-refractivity contribution >= 4 is 11.8 Å². The molecule has 0 amide bonds. The van der Waals surface area contributed by atoms with Crippen LogP contribution in [0.5, 0.6) is 0 Å². The fourth-order valence-corrected chi connectivity index (χ4v) is 1.01. The van der Waals surface area contributed by atoms with Gasteiger partial charge in [0.15, 0.2) is 0 Å². The molecular formula is C12H12O3. The van der Waals surface area contributed by atoms with Gasteiger partial charge in [-0.25, -0.2) is 4.79 Å². The Bertz CT molecular complexity index is 354. The minimum atomic E-state index is -0.817. The van der Waals surface area contributed by atoms with Crippen LogP contribution in [0.4, 0.5) is 0 Å². The zero-order valence-corrected chi connectivity index (χ0v) is 8.31. The van der Waals surface area contributed by atoms with Gasteiger partial charge in [0.25, 0.3) is 5.78 Å². The number of benzene rings is 1. The van der Waals surface area contributed by atoms with E-state index in [9.17, 15) is 9.59 Å². The number of ether oxygens (including phenoxy) is 1. The highest BCUT2D eigenvalue weighted by molar-refractivity contribution is 6.40. The van der Waals surface area contributed by atoms with E-state index in [1.807, 2.05) is 0 Å². The quantitative estimate of drug-likeness (QED) is 0.242. The zero-order chi connectivity index (χ0) is 11.1. The van der Waals surface area contributed by atoms with E-state index < -0.39 is 11.8 Å².